The maximum absolute atomic E-state index is 12.8. The van der Waals surface area contributed by atoms with Gasteiger partial charge in [-0.1, -0.05) is 48.5 Å². The van der Waals surface area contributed by atoms with Crippen LogP contribution in [-0.2, 0) is 19.1 Å². The topological polar surface area (TPSA) is 105 Å². The van der Waals surface area contributed by atoms with Crippen LogP contribution >= 0.6 is 0 Å². The van der Waals surface area contributed by atoms with Gasteiger partial charge in [-0.3, -0.25) is 9.59 Å². The van der Waals surface area contributed by atoms with E-state index in [4.69, 9.17) is 9.47 Å². The molecule has 33 heavy (non-hydrogen) atoms. The van der Waals surface area contributed by atoms with Crippen LogP contribution in [0.5, 0.6) is 0 Å². The van der Waals surface area contributed by atoms with E-state index >= 15 is 0 Å². The molecule has 8 heteroatoms. The number of benzene rings is 2. The number of fused-ring (bicyclic) bond motifs is 3. The lowest BCUT2D eigenvalue weighted by Gasteiger charge is -2.33. The molecule has 1 aliphatic carbocycles. The average molecular weight is 453 g/mol. The van der Waals surface area contributed by atoms with Gasteiger partial charge >= 0.3 is 12.1 Å². The number of carboxylic acid groups (broad SMARTS) is 1. The number of ether oxygens (including phenoxy) is 2. The minimum absolute atomic E-state index is 0.0516. The molecule has 0 spiro atoms. The third-order valence-corrected chi connectivity index (χ3v) is 6.42. The van der Waals surface area contributed by atoms with Crippen molar-refractivity contribution in [1.29, 1.82) is 0 Å². The number of rotatable bonds is 7. The lowest BCUT2D eigenvalue weighted by atomic mass is 9.98. The Bertz CT molecular complexity index is 994. The van der Waals surface area contributed by atoms with Crippen molar-refractivity contribution in [3.8, 4) is 11.1 Å². The van der Waals surface area contributed by atoms with Crippen LogP contribution in [0.1, 0.15) is 29.9 Å². The summed E-state index contributed by atoms with van der Waals surface area (Å²) in [5.41, 5.74) is 4.53. The highest BCUT2D eigenvalue weighted by Crippen LogP contribution is 2.44. The number of nitrogens with one attached hydrogen (secondary N) is 1. The molecular weight excluding hydrogens is 424 g/mol. The standard InChI is InChI=1S/C25H28N2O6/c1-32-22(23(28)27-12-6-7-16(14-27)24(29)30)13-26-25(31)33-15-21-19-10-4-2-8-17(19)18-9-3-5-11-20(18)21/h2-5,8-11,16,21-22H,6-7,12-15H2,1H3,(H,26,31)(H,29,30)/t16-,22?/m1/s1. The molecule has 1 unspecified atom stereocenters. The summed E-state index contributed by atoms with van der Waals surface area (Å²) in [4.78, 5) is 37.9. The summed E-state index contributed by atoms with van der Waals surface area (Å²) in [5, 5.41) is 11.8. The molecule has 2 amide bonds. The van der Waals surface area contributed by atoms with Gasteiger partial charge < -0.3 is 24.8 Å². The second kappa shape index (κ2) is 10.0. The predicted octanol–water partition coefficient (Wildman–Crippen LogP) is 2.86. The Morgan fingerprint density at radius 3 is 2.33 bits per heavy atom. The minimum atomic E-state index is -0.905. The van der Waals surface area contributed by atoms with Crippen LogP contribution in [0, 0.1) is 5.92 Å². The van der Waals surface area contributed by atoms with Crippen LogP contribution in [-0.4, -0.2) is 67.4 Å². The van der Waals surface area contributed by atoms with Crippen LogP contribution < -0.4 is 5.32 Å². The molecule has 1 fully saturated rings. The summed E-state index contributed by atoms with van der Waals surface area (Å²) < 4.78 is 10.8. The fourth-order valence-electron chi connectivity index (χ4n) is 4.68. The van der Waals surface area contributed by atoms with Crippen LogP contribution in [0.4, 0.5) is 4.79 Å². The van der Waals surface area contributed by atoms with Gasteiger partial charge in [-0.05, 0) is 35.1 Å². The first-order chi connectivity index (χ1) is 16.0. The zero-order valence-electron chi connectivity index (χ0n) is 18.5. The molecule has 0 saturated carbocycles. The van der Waals surface area contributed by atoms with Gasteiger partial charge in [0.25, 0.3) is 5.91 Å². The molecule has 2 N–H and O–H groups in total. The van der Waals surface area contributed by atoms with Gasteiger partial charge in [0.15, 0.2) is 6.10 Å². The van der Waals surface area contributed by atoms with Gasteiger partial charge in [-0.2, -0.15) is 0 Å². The Morgan fingerprint density at radius 1 is 1.09 bits per heavy atom. The van der Waals surface area contributed by atoms with E-state index in [1.54, 1.807) is 0 Å². The monoisotopic (exact) mass is 452 g/mol. The summed E-state index contributed by atoms with van der Waals surface area (Å²) in [7, 11) is 1.39. The Labute approximate surface area is 192 Å². The molecule has 4 rings (SSSR count). The highest BCUT2D eigenvalue weighted by molar-refractivity contribution is 5.83. The van der Waals surface area contributed by atoms with Crippen molar-refractivity contribution in [3.05, 3.63) is 59.7 Å². The summed E-state index contributed by atoms with van der Waals surface area (Å²) in [6, 6.07) is 16.2. The number of nitrogens with zero attached hydrogens (tertiary/aromatic N) is 1. The average Bonchev–Trinajstić information content (AvgIpc) is 3.16. The number of methoxy groups -OCH3 is 1. The molecule has 0 radical (unpaired) electrons. The minimum Gasteiger partial charge on any atom is -0.481 e. The lowest BCUT2D eigenvalue weighted by Crippen LogP contribution is -2.50. The van der Waals surface area contributed by atoms with E-state index in [1.165, 1.54) is 12.0 Å². The molecule has 2 aromatic rings. The van der Waals surface area contributed by atoms with Crippen molar-refractivity contribution in [2.24, 2.45) is 5.92 Å². The number of hydrogen-bond acceptors (Lipinski definition) is 5. The number of hydrogen-bond donors (Lipinski definition) is 2. The Kier molecular flexibility index (Phi) is 6.93. The predicted molar refractivity (Wildman–Crippen MR) is 121 cm³/mol. The molecule has 1 heterocycles. The fraction of sp³-hybridized carbons (Fsp3) is 0.400. The third kappa shape index (κ3) is 4.85. The van der Waals surface area contributed by atoms with Gasteiger partial charge in [0, 0.05) is 26.1 Å². The number of likely N-dealkylation sites (tertiary alicyclic amines) is 1. The molecule has 1 aliphatic heterocycles. The van der Waals surface area contributed by atoms with Gasteiger partial charge in [0.1, 0.15) is 6.61 Å². The van der Waals surface area contributed by atoms with E-state index in [-0.39, 0.29) is 31.5 Å². The second-order valence-corrected chi connectivity index (χ2v) is 8.39. The van der Waals surface area contributed by atoms with Gasteiger partial charge in [-0.25, -0.2) is 4.79 Å². The van der Waals surface area contributed by atoms with Gasteiger partial charge in [-0.15, -0.1) is 0 Å². The first-order valence-corrected chi connectivity index (χ1v) is 11.1. The summed E-state index contributed by atoms with van der Waals surface area (Å²) >= 11 is 0. The molecule has 2 atom stereocenters. The van der Waals surface area contributed by atoms with E-state index in [0.717, 1.165) is 22.3 Å². The second-order valence-electron chi connectivity index (χ2n) is 8.39. The SMILES string of the molecule is COC(CNC(=O)OCC1c2ccccc2-c2ccccc21)C(=O)N1CCC[C@@H](C(=O)O)C1. The smallest absolute Gasteiger partial charge is 0.407 e. The van der Waals surface area contributed by atoms with Crippen LogP contribution in [0.15, 0.2) is 48.5 Å². The van der Waals surface area contributed by atoms with E-state index in [1.807, 2.05) is 36.4 Å². The number of amides is 2. The van der Waals surface area contributed by atoms with Crippen LogP contribution in [0.2, 0.25) is 0 Å². The number of alkyl carbamates (subject to hydrolysis) is 1. The quantitative estimate of drug-likeness (QED) is 0.669. The molecule has 0 bridgehead atoms. The van der Waals surface area contributed by atoms with Crippen molar-refractivity contribution >= 4 is 18.0 Å². The maximum atomic E-state index is 12.8. The lowest BCUT2D eigenvalue weighted by molar-refractivity contribution is -0.149. The van der Waals surface area contributed by atoms with E-state index in [9.17, 15) is 19.5 Å². The highest BCUT2D eigenvalue weighted by atomic mass is 16.5. The number of piperidine rings is 1. The van der Waals surface area contributed by atoms with Gasteiger partial charge in [0.2, 0.25) is 0 Å². The van der Waals surface area contributed by atoms with Crippen LogP contribution in [0.3, 0.4) is 0 Å². The fourth-order valence-corrected chi connectivity index (χ4v) is 4.68. The zero-order valence-corrected chi connectivity index (χ0v) is 18.5. The zero-order chi connectivity index (χ0) is 23.4. The molecule has 174 valence electrons. The summed E-state index contributed by atoms with van der Waals surface area (Å²) in [5.74, 6) is -1.86. The summed E-state index contributed by atoms with van der Waals surface area (Å²) in [6.45, 7) is 0.754. The molecule has 8 nitrogen and oxygen atoms in total. The van der Waals surface area contributed by atoms with E-state index in [0.29, 0.717) is 19.4 Å². The summed E-state index contributed by atoms with van der Waals surface area (Å²) in [6.07, 6.45) is -0.361. The van der Waals surface area contributed by atoms with E-state index in [2.05, 4.69) is 17.4 Å². The first-order valence-electron chi connectivity index (χ1n) is 11.1. The van der Waals surface area contributed by atoms with Crippen LogP contribution in [0.25, 0.3) is 11.1 Å². The van der Waals surface area contributed by atoms with Crippen molar-refractivity contribution in [2.75, 3.05) is 33.4 Å². The van der Waals surface area contributed by atoms with E-state index < -0.39 is 24.1 Å². The molecular formula is C25H28N2O6. The first kappa shape index (κ1) is 22.8. The van der Waals surface area contributed by atoms with Crippen molar-refractivity contribution in [3.63, 3.8) is 0 Å². The number of aliphatic carboxylic acids is 1. The number of carbonyl (C=O) groups is 3. The van der Waals surface area contributed by atoms with Crippen molar-refractivity contribution in [2.45, 2.75) is 24.9 Å². The Morgan fingerprint density at radius 2 is 1.73 bits per heavy atom. The third-order valence-electron chi connectivity index (χ3n) is 6.42. The maximum Gasteiger partial charge on any atom is 0.407 e. The molecule has 0 aromatic heterocycles. The van der Waals surface area contributed by atoms with Crippen molar-refractivity contribution < 1.29 is 29.0 Å². The van der Waals surface area contributed by atoms with Crippen molar-refractivity contribution in [1.82, 2.24) is 10.2 Å². The number of carboxylic acids is 1. The molecule has 1 saturated heterocycles. The molecule has 2 aliphatic rings. The largest absolute Gasteiger partial charge is 0.481 e. The Balaban J connectivity index is 1.32. The number of carbonyl (C=O) groups excluding carboxylic acids is 2. The molecule has 2 aromatic carbocycles. The van der Waals surface area contributed by atoms with Gasteiger partial charge in [0.05, 0.1) is 12.5 Å². The highest BCUT2D eigenvalue weighted by Gasteiger charge is 2.32. The Hall–Kier alpha value is -3.39. The normalized spacial score (nSPS) is 18.2.